The lowest BCUT2D eigenvalue weighted by molar-refractivity contribution is -0.337. The molecule has 0 aliphatic rings. The van der Waals surface area contributed by atoms with Crippen LogP contribution < -0.4 is 0 Å². The molecule has 0 nitrogen and oxygen atoms in total. The van der Waals surface area contributed by atoms with Gasteiger partial charge in [0.25, 0.3) is 0 Å². The van der Waals surface area contributed by atoms with Gasteiger partial charge in [-0.25, -0.2) is 8.78 Å². The van der Waals surface area contributed by atoms with Gasteiger partial charge in [0, 0.05) is 6.42 Å². The van der Waals surface area contributed by atoms with Crippen LogP contribution in [0.5, 0.6) is 0 Å². The van der Waals surface area contributed by atoms with Crippen molar-refractivity contribution in [2.75, 3.05) is 0 Å². The molecule has 89 valence electrons. The number of rotatable bonds is 5. The van der Waals surface area contributed by atoms with E-state index in [0.717, 1.165) is 0 Å². The Morgan fingerprint density at radius 3 is 1.67 bits per heavy atom. The summed E-state index contributed by atoms with van der Waals surface area (Å²) in [6, 6.07) is 0. The minimum Gasteiger partial charge on any atom is -0.203 e. The van der Waals surface area contributed by atoms with Crippen LogP contribution in [-0.4, -0.2) is 24.2 Å². The third-order valence-electron chi connectivity index (χ3n) is 1.50. The first-order chi connectivity index (χ1) is 6.50. The molecule has 8 heteroatoms. The van der Waals surface area contributed by atoms with Gasteiger partial charge in [-0.3, -0.25) is 0 Å². The van der Waals surface area contributed by atoms with Crippen LogP contribution in [0.3, 0.4) is 0 Å². The van der Waals surface area contributed by atoms with Gasteiger partial charge in [0.1, 0.15) is 0 Å². The lowest BCUT2D eigenvalue weighted by atomic mass is 10.0. The maximum absolute atomic E-state index is 12.4. The molecular weight excluding hydrogens is 236 g/mol. The molecule has 0 aliphatic heterocycles. The number of hydrogen-bond donors (Lipinski definition) is 0. The van der Waals surface area contributed by atoms with Crippen molar-refractivity contribution in [2.24, 2.45) is 0 Å². The molecule has 0 N–H and O–H groups in total. The van der Waals surface area contributed by atoms with Crippen molar-refractivity contribution < 1.29 is 35.1 Å². The van der Waals surface area contributed by atoms with E-state index in [-0.39, 0.29) is 0 Å². The first-order valence-corrected chi connectivity index (χ1v) is 3.42. The van der Waals surface area contributed by atoms with Gasteiger partial charge in [-0.1, -0.05) is 6.58 Å². The zero-order valence-electron chi connectivity index (χ0n) is 7.02. The van der Waals surface area contributed by atoms with Crippen molar-refractivity contribution in [3.63, 3.8) is 0 Å². The highest BCUT2D eigenvalue weighted by Crippen LogP contribution is 2.49. The molecule has 0 saturated heterocycles. The summed E-state index contributed by atoms with van der Waals surface area (Å²) in [6.07, 6.45) is -5.56. The number of alkyl halides is 8. The fraction of sp³-hybridized carbons (Fsp3) is 0.714. The van der Waals surface area contributed by atoms with Crippen LogP contribution in [0.1, 0.15) is 6.42 Å². The quantitative estimate of drug-likeness (QED) is 0.646. The van der Waals surface area contributed by atoms with E-state index in [4.69, 9.17) is 0 Å². The van der Waals surface area contributed by atoms with Crippen LogP contribution in [0.25, 0.3) is 0 Å². The van der Waals surface area contributed by atoms with E-state index in [2.05, 4.69) is 6.58 Å². The molecule has 0 atom stereocenters. The molecule has 0 heterocycles. The van der Waals surface area contributed by atoms with Crippen LogP contribution in [0.4, 0.5) is 35.1 Å². The zero-order chi connectivity index (χ0) is 12.5. The average molecular weight is 241 g/mol. The molecule has 0 aromatic carbocycles. The summed E-state index contributed by atoms with van der Waals surface area (Å²) in [5.74, 6) is -17.6. The number of hydrogen-bond acceptors (Lipinski definition) is 0. The van der Waals surface area contributed by atoms with Crippen LogP contribution in [0, 0.1) is 6.08 Å². The summed E-state index contributed by atoms with van der Waals surface area (Å²) in [5.41, 5.74) is 0. The van der Waals surface area contributed by atoms with E-state index in [1.54, 1.807) is 0 Å². The van der Waals surface area contributed by atoms with E-state index in [0.29, 0.717) is 0 Å². The summed E-state index contributed by atoms with van der Waals surface area (Å²) in [6.45, 7) is 2.52. The average Bonchev–Trinajstić information content (AvgIpc) is 2.02. The Balaban J connectivity index is 5.19. The highest BCUT2D eigenvalue weighted by molar-refractivity contribution is 4.98. The van der Waals surface area contributed by atoms with Crippen LogP contribution in [0.2, 0.25) is 0 Å². The van der Waals surface area contributed by atoms with Gasteiger partial charge in [-0.15, -0.1) is 0 Å². The van der Waals surface area contributed by atoms with Crippen molar-refractivity contribution >= 4 is 0 Å². The Bertz CT molecular complexity index is 231. The van der Waals surface area contributed by atoms with Crippen molar-refractivity contribution in [3.05, 3.63) is 12.7 Å². The van der Waals surface area contributed by atoms with E-state index in [9.17, 15) is 35.1 Å². The summed E-state index contributed by atoms with van der Waals surface area (Å²) in [5, 5.41) is 0. The van der Waals surface area contributed by atoms with Gasteiger partial charge < -0.3 is 0 Å². The highest BCUT2D eigenvalue weighted by atomic mass is 19.4. The predicted octanol–water partition coefficient (Wildman–Crippen LogP) is 3.54. The van der Waals surface area contributed by atoms with Gasteiger partial charge in [-0.2, -0.15) is 26.3 Å². The van der Waals surface area contributed by atoms with Gasteiger partial charge in [0.2, 0.25) is 0 Å². The molecule has 0 rings (SSSR count). The number of allylic oxidation sites excluding steroid dienone is 1. The van der Waals surface area contributed by atoms with E-state index < -0.39 is 30.6 Å². The van der Waals surface area contributed by atoms with Crippen molar-refractivity contribution in [2.45, 2.75) is 30.6 Å². The van der Waals surface area contributed by atoms with E-state index >= 15 is 0 Å². The SMILES string of the molecule is C=[C]CC(F)(F)C(F)(F)C(F)(F)C(F)F. The molecule has 0 saturated carbocycles. The lowest BCUT2D eigenvalue weighted by Crippen LogP contribution is -2.57. The molecule has 0 unspecified atom stereocenters. The lowest BCUT2D eigenvalue weighted by Gasteiger charge is -2.31. The fourth-order valence-corrected chi connectivity index (χ4v) is 0.649. The van der Waals surface area contributed by atoms with Gasteiger partial charge in [0.15, 0.2) is 0 Å². The fourth-order valence-electron chi connectivity index (χ4n) is 0.649. The maximum Gasteiger partial charge on any atom is 0.378 e. The predicted molar refractivity (Wildman–Crippen MR) is 34.3 cm³/mol. The Morgan fingerprint density at radius 2 is 1.40 bits per heavy atom. The second kappa shape index (κ2) is 3.97. The van der Waals surface area contributed by atoms with Gasteiger partial charge in [0.05, 0.1) is 0 Å². The minimum absolute atomic E-state index is 1.27. The molecule has 15 heavy (non-hydrogen) atoms. The third kappa shape index (κ3) is 2.23. The monoisotopic (exact) mass is 241 g/mol. The Morgan fingerprint density at radius 1 is 1.00 bits per heavy atom. The summed E-state index contributed by atoms with van der Waals surface area (Å²) in [4.78, 5) is 0. The second-order valence-electron chi connectivity index (χ2n) is 2.63. The molecule has 0 aromatic rings. The molecule has 1 radical (unpaired) electrons. The Kier molecular flexibility index (Phi) is 3.76. The second-order valence-corrected chi connectivity index (χ2v) is 2.63. The highest BCUT2D eigenvalue weighted by Gasteiger charge is 2.74. The van der Waals surface area contributed by atoms with Crippen LogP contribution in [-0.2, 0) is 0 Å². The first-order valence-electron chi connectivity index (χ1n) is 3.42. The summed E-state index contributed by atoms with van der Waals surface area (Å²) < 4.78 is 96.7. The van der Waals surface area contributed by atoms with Crippen molar-refractivity contribution in [1.29, 1.82) is 0 Å². The molecule has 0 aliphatic carbocycles. The largest absolute Gasteiger partial charge is 0.378 e. The van der Waals surface area contributed by atoms with Gasteiger partial charge in [-0.05, 0) is 6.08 Å². The first kappa shape index (κ1) is 14.2. The smallest absolute Gasteiger partial charge is 0.203 e. The molecule has 0 aromatic heterocycles. The molecule has 0 amide bonds. The standard InChI is InChI=1S/C7H5F8/c1-2-3-5(10,11)7(14,15)6(12,13)4(8)9/h4H,1,3H2. The Labute approximate surface area is 79.6 Å². The minimum atomic E-state index is -6.15. The molecule has 0 bridgehead atoms. The summed E-state index contributed by atoms with van der Waals surface area (Å²) >= 11 is 0. The summed E-state index contributed by atoms with van der Waals surface area (Å²) in [7, 11) is 0. The van der Waals surface area contributed by atoms with Crippen LogP contribution >= 0.6 is 0 Å². The zero-order valence-corrected chi connectivity index (χ0v) is 7.02. The Hall–Kier alpha value is -0.820. The van der Waals surface area contributed by atoms with Crippen molar-refractivity contribution in [1.82, 2.24) is 0 Å². The normalized spacial score (nSPS) is 14.5. The van der Waals surface area contributed by atoms with Crippen LogP contribution in [0.15, 0.2) is 6.58 Å². The molecular formula is C7H5F8. The van der Waals surface area contributed by atoms with E-state index in [1.807, 2.05) is 0 Å². The topological polar surface area (TPSA) is 0 Å². The maximum atomic E-state index is 12.4. The molecule has 0 fully saturated rings. The van der Waals surface area contributed by atoms with Gasteiger partial charge >= 0.3 is 24.2 Å². The number of halogens is 8. The molecule has 0 spiro atoms. The van der Waals surface area contributed by atoms with Crippen molar-refractivity contribution in [3.8, 4) is 0 Å². The van der Waals surface area contributed by atoms with E-state index in [1.165, 1.54) is 6.08 Å². The third-order valence-corrected chi connectivity index (χ3v) is 1.50.